The normalized spacial score (nSPS) is 26.3. The fraction of sp³-hybridized carbons (Fsp3) is 0.545. The summed E-state index contributed by atoms with van der Waals surface area (Å²) in [5, 5.41) is 0. The van der Waals surface area contributed by atoms with Crippen molar-refractivity contribution < 1.29 is 9.21 Å². The minimum absolute atomic E-state index is 0.151. The first kappa shape index (κ1) is 10.7. The van der Waals surface area contributed by atoms with Gasteiger partial charge in [-0.1, -0.05) is 6.92 Å². The van der Waals surface area contributed by atoms with Crippen molar-refractivity contribution in [2.75, 3.05) is 0 Å². The zero-order valence-electron chi connectivity index (χ0n) is 8.87. The monoisotopic (exact) mass is 271 g/mol. The van der Waals surface area contributed by atoms with Crippen molar-refractivity contribution in [2.24, 2.45) is 5.92 Å². The molecule has 1 aliphatic rings. The van der Waals surface area contributed by atoms with Gasteiger partial charge in [0.2, 0.25) is 5.91 Å². The molecule has 0 aromatic carbocycles. The number of hydrogen-bond acceptors (Lipinski definition) is 2. The van der Waals surface area contributed by atoms with Crippen LogP contribution in [0.15, 0.2) is 21.2 Å². The van der Waals surface area contributed by atoms with Crippen molar-refractivity contribution in [2.45, 2.75) is 32.9 Å². The molecule has 3 nitrogen and oxygen atoms in total. The van der Waals surface area contributed by atoms with Gasteiger partial charge in [-0.2, -0.15) is 0 Å². The summed E-state index contributed by atoms with van der Waals surface area (Å²) >= 11 is 3.25. The summed E-state index contributed by atoms with van der Waals surface area (Å²) in [6, 6.07) is 4.06. The van der Waals surface area contributed by atoms with Gasteiger partial charge in [-0.05, 0) is 41.4 Å². The van der Waals surface area contributed by atoms with Crippen molar-refractivity contribution in [3.05, 3.63) is 22.6 Å². The molecule has 1 aliphatic heterocycles. The van der Waals surface area contributed by atoms with Gasteiger partial charge in [0.25, 0.3) is 0 Å². The summed E-state index contributed by atoms with van der Waals surface area (Å²) in [5.74, 6) is 1.21. The topological polar surface area (TPSA) is 33.5 Å². The third-order valence-corrected chi connectivity index (χ3v) is 3.31. The van der Waals surface area contributed by atoms with Crippen LogP contribution in [0.5, 0.6) is 0 Å². The standard InChI is InChI=1S/C11H14BrNO2/c1-7-5-8(2)13(11(7)14)6-9-3-4-10(12)15-9/h3-4,7-8H,5-6H2,1-2H3. The molecule has 15 heavy (non-hydrogen) atoms. The smallest absolute Gasteiger partial charge is 0.226 e. The fourth-order valence-corrected chi connectivity index (χ4v) is 2.42. The summed E-state index contributed by atoms with van der Waals surface area (Å²) in [7, 11) is 0. The van der Waals surface area contributed by atoms with Gasteiger partial charge in [-0.15, -0.1) is 0 Å². The van der Waals surface area contributed by atoms with Gasteiger partial charge < -0.3 is 9.32 Å². The van der Waals surface area contributed by atoms with Crippen LogP contribution in [0.3, 0.4) is 0 Å². The molecule has 0 aliphatic carbocycles. The highest BCUT2D eigenvalue weighted by molar-refractivity contribution is 9.10. The number of carbonyl (C=O) groups is 1. The van der Waals surface area contributed by atoms with E-state index in [2.05, 4.69) is 22.9 Å². The van der Waals surface area contributed by atoms with Gasteiger partial charge >= 0.3 is 0 Å². The van der Waals surface area contributed by atoms with Crippen LogP contribution < -0.4 is 0 Å². The Labute approximate surface area is 97.6 Å². The van der Waals surface area contributed by atoms with E-state index in [1.54, 1.807) is 0 Å². The Hall–Kier alpha value is -0.770. The van der Waals surface area contributed by atoms with Crippen molar-refractivity contribution in [3.8, 4) is 0 Å². The minimum Gasteiger partial charge on any atom is -0.452 e. The molecular formula is C11H14BrNO2. The Kier molecular flexibility index (Phi) is 2.87. The molecule has 1 amide bonds. The van der Waals surface area contributed by atoms with E-state index in [9.17, 15) is 4.79 Å². The molecule has 2 atom stereocenters. The molecular weight excluding hydrogens is 258 g/mol. The number of nitrogens with zero attached hydrogens (tertiary/aromatic N) is 1. The Morgan fingerprint density at radius 2 is 2.27 bits per heavy atom. The first-order valence-electron chi connectivity index (χ1n) is 5.12. The van der Waals surface area contributed by atoms with E-state index in [0.29, 0.717) is 17.3 Å². The first-order chi connectivity index (χ1) is 7.08. The van der Waals surface area contributed by atoms with Gasteiger partial charge in [0.1, 0.15) is 5.76 Å². The molecule has 2 unspecified atom stereocenters. The summed E-state index contributed by atoms with van der Waals surface area (Å²) in [6.45, 7) is 4.65. The van der Waals surface area contributed by atoms with Gasteiger partial charge in [0.15, 0.2) is 4.67 Å². The van der Waals surface area contributed by atoms with Gasteiger partial charge in [0.05, 0.1) is 6.54 Å². The van der Waals surface area contributed by atoms with Crippen molar-refractivity contribution in [1.82, 2.24) is 4.90 Å². The van der Waals surface area contributed by atoms with Crippen LogP contribution in [0.1, 0.15) is 26.0 Å². The van der Waals surface area contributed by atoms with E-state index >= 15 is 0 Å². The third kappa shape index (κ3) is 2.09. The highest BCUT2D eigenvalue weighted by Gasteiger charge is 2.34. The lowest BCUT2D eigenvalue weighted by atomic mass is 10.1. The minimum atomic E-state index is 0.151. The van der Waals surface area contributed by atoms with Crippen LogP contribution in [-0.2, 0) is 11.3 Å². The molecule has 1 fully saturated rings. The molecule has 0 spiro atoms. The van der Waals surface area contributed by atoms with Crippen LogP contribution in [0, 0.1) is 5.92 Å². The molecule has 1 saturated heterocycles. The zero-order chi connectivity index (χ0) is 11.0. The highest BCUT2D eigenvalue weighted by Crippen LogP contribution is 2.26. The Morgan fingerprint density at radius 1 is 1.53 bits per heavy atom. The van der Waals surface area contributed by atoms with Gasteiger partial charge in [-0.3, -0.25) is 4.79 Å². The highest BCUT2D eigenvalue weighted by atomic mass is 79.9. The lowest BCUT2D eigenvalue weighted by Gasteiger charge is -2.20. The van der Waals surface area contributed by atoms with E-state index in [0.717, 1.165) is 12.2 Å². The Bertz CT molecular complexity index is 374. The van der Waals surface area contributed by atoms with Crippen molar-refractivity contribution in [1.29, 1.82) is 0 Å². The fourth-order valence-electron chi connectivity index (χ4n) is 2.08. The van der Waals surface area contributed by atoms with Crippen LogP contribution in [0.4, 0.5) is 0 Å². The average Bonchev–Trinajstić information content (AvgIpc) is 2.67. The lowest BCUT2D eigenvalue weighted by Crippen LogP contribution is -2.31. The van der Waals surface area contributed by atoms with Crippen molar-refractivity contribution in [3.63, 3.8) is 0 Å². The largest absolute Gasteiger partial charge is 0.452 e. The van der Waals surface area contributed by atoms with Gasteiger partial charge in [0, 0.05) is 12.0 Å². The number of hydrogen-bond donors (Lipinski definition) is 0. The second kappa shape index (κ2) is 4.00. The van der Waals surface area contributed by atoms with Crippen LogP contribution >= 0.6 is 15.9 Å². The maximum atomic E-state index is 11.8. The summed E-state index contributed by atoms with van der Waals surface area (Å²) < 4.78 is 6.11. The van der Waals surface area contributed by atoms with Crippen molar-refractivity contribution >= 4 is 21.8 Å². The maximum absolute atomic E-state index is 11.8. The third-order valence-electron chi connectivity index (χ3n) is 2.89. The molecule has 0 saturated carbocycles. The van der Waals surface area contributed by atoms with Crippen LogP contribution in [-0.4, -0.2) is 16.8 Å². The maximum Gasteiger partial charge on any atom is 0.226 e. The number of halogens is 1. The molecule has 2 heterocycles. The molecule has 0 bridgehead atoms. The summed E-state index contributed by atoms with van der Waals surface area (Å²) in [5.41, 5.74) is 0. The second-order valence-electron chi connectivity index (χ2n) is 4.16. The van der Waals surface area contributed by atoms with Crippen LogP contribution in [0.2, 0.25) is 0 Å². The molecule has 82 valence electrons. The molecule has 4 heteroatoms. The van der Waals surface area contributed by atoms with Gasteiger partial charge in [-0.25, -0.2) is 0 Å². The summed E-state index contributed by atoms with van der Waals surface area (Å²) in [4.78, 5) is 13.7. The Morgan fingerprint density at radius 3 is 2.73 bits per heavy atom. The SMILES string of the molecule is CC1CC(C)N(Cc2ccc(Br)o2)C1=O. The second-order valence-corrected chi connectivity index (χ2v) is 4.94. The summed E-state index contributed by atoms with van der Waals surface area (Å²) in [6.07, 6.45) is 0.945. The average molecular weight is 272 g/mol. The molecule has 0 N–H and O–H groups in total. The van der Waals surface area contributed by atoms with E-state index < -0.39 is 0 Å². The number of likely N-dealkylation sites (tertiary alicyclic amines) is 1. The van der Waals surface area contributed by atoms with Crippen LogP contribution in [0.25, 0.3) is 0 Å². The predicted octanol–water partition coefficient (Wildman–Crippen LogP) is 2.80. The Balaban J connectivity index is 2.09. The van der Waals surface area contributed by atoms with E-state index in [4.69, 9.17) is 4.42 Å². The number of furan rings is 1. The molecule has 2 rings (SSSR count). The molecule has 0 radical (unpaired) electrons. The van der Waals surface area contributed by atoms with E-state index in [1.807, 2.05) is 24.0 Å². The number of carbonyl (C=O) groups excluding carboxylic acids is 1. The lowest BCUT2D eigenvalue weighted by molar-refractivity contribution is -0.132. The first-order valence-corrected chi connectivity index (χ1v) is 5.92. The molecule has 1 aromatic rings. The predicted molar refractivity (Wildman–Crippen MR) is 60.2 cm³/mol. The number of amides is 1. The van der Waals surface area contributed by atoms with E-state index in [-0.39, 0.29) is 11.8 Å². The quantitative estimate of drug-likeness (QED) is 0.829. The number of rotatable bonds is 2. The van der Waals surface area contributed by atoms with E-state index in [1.165, 1.54) is 0 Å². The molecule has 1 aromatic heterocycles. The zero-order valence-corrected chi connectivity index (χ0v) is 10.5.